The van der Waals surface area contributed by atoms with Gasteiger partial charge >= 0.3 is 0 Å². The van der Waals surface area contributed by atoms with E-state index in [1.165, 1.54) is 0 Å². The summed E-state index contributed by atoms with van der Waals surface area (Å²) in [4.78, 5) is 15.4. The molecule has 2 heterocycles. The lowest BCUT2D eigenvalue weighted by Crippen LogP contribution is -2.16. The highest BCUT2D eigenvalue weighted by Crippen LogP contribution is 2.31. The molecule has 2 aromatic carbocycles. The van der Waals surface area contributed by atoms with Gasteiger partial charge in [-0.05, 0) is 18.2 Å². The minimum atomic E-state index is -0.329. The Kier molecular flexibility index (Phi) is 6.13. The number of hydrogen-bond donors (Lipinski definition) is 1. The van der Waals surface area contributed by atoms with Crippen LogP contribution in [0.3, 0.4) is 0 Å². The van der Waals surface area contributed by atoms with Crippen molar-refractivity contribution in [1.29, 1.82) is 0 Å². The third kappa shape index (κ3) is 4.79. The maximum absolute atomic E-state index is 12.6. The molecule has 0 saturated carbocycles. The van der Waals surface area contributed by atoms with Crippen LogP contribution in [0.15, 0.2) is 53.3 Å². The third-order valence-corrected chi connectivity index (χ3v) is 4.30. The molecule has 0 radical (unpaired) electrons. The maximum Gasteiger partial charge on any atom is 0.278 e. The minimum Gasteiger partial charge on any atom is -0.487 e. The summed E-state index contributed by atoms with van der Waals surface area (Å²) in [5.74, 6) is 1.51. The molecule has 0 unspecified atom stereocenters. The highest BCUT2D eigenvalue weighted by Gasteiger charge is 2.14. The summed E-state index contributed by atoms with van der Waals surface area (Å²) in [5, 5.41) is 8.31. The maximum atomic E-state index is 12.6. The van der Waals surface area contributed by atoms with Gasteiger partial charge in [0.15, 0.2) is 23.0 Å². The lowest BCUT2D eigenvalue weighted by atomic mass is 10.1. The average Bonchev–Trinajstić information content (AvgIpc) is 2.75. The molecule has 1 aliphatic heterocycles. The number of rotatable bonds is 2. The zero-order valence-electron chi connectivity index (χ0n) is 15.8. The van der Waals surface area contributed by atoms with Crippen molar-refractivity contribution >= 4 is 0 Å². The summed E-state index contributed by atoms with van der Waals surface area (Å²) in [5.41, 5.74) is 1.26. The summed E-state index contributed by atoms with van der Waals surface area (Å²) in [6, 6.07) is 14.6. The van der Waals surface area contributed by atoms with Gasteiger partial charge in [0.1, 0.15) is 13.2 Å². The second-order valence-electron chi connectivity index (χ2n) is 6.30. The third-order valence-electron chi connectivity index (χ3n) is 4.30. The molecule has 1 N–H and O–H groups in total. The van der Waals surface area contributed by atoms with Crippen LogP contribution in [0.5, 0.6) is 11.5 Å². The van der Waals surface area contributed by atoms with Gasteiger partial charge in [0, 0.05) is 11.1 Å². The Bertz CT molecular complexity index is 1010. The highest BCUT2D eigenvalue weighted by molar-refractivity contribution is 5.64. The van der Waals surface area contributed by atoms with E-state index in [4.69, 9.17) is 18.9 Å². The van der Waals surface area contributed by atoms with Gasteiger partial charge in [-0.2, -0.15) is 0 Å². The molecule has 0 bridgehead atoms. The molecule has 0 aliphatic carbocycles. The average molecular weight is 395 g/mol. The highest BCUT2D eigenvalue weighted by atomic mass is 16.6. The van der Waals surface area contributed by atoms with Crippen LogP contribution in [0.1, 0.15) is 0 Å². The number of fused-ring (bicyclic) bond motifs is 1. The van der Waals surface area contributed by atoms with Crippen molar-refractivity contribution in [3.8, 4) is 34.1 Å². The summed E-state index contributed by atoms with van der Waals surface area (Å²) >= 11 is 0. The van der Waals surface area contributed by atoms with Gasteiger partial charge in [-0.3, -0.25) is 4.79 Å². The van der Waals surface area contributed by atoms with Crippen LogP contribution in [0.25, 0.3) is 22.6 Å². The number of ether oxygens (including phenoxy) is 4. The van der Waals surface area contributed by atoms with Gasteiger partial charge in [0.05, 0.1) is 26.4 Å². The Labute approximate surface area is 167 Å². The van der Waals surface area contributed by atoms with Crippen molar-refractivity contribution in [3.63, 3.8) is 0 Å². The molecule has 0 amide bonds. The van der Waals surface area contributed by atoms with Gasteiger partial charge in [0.25, 0.3) is 5.56 Å². The Morgan fingerprint density at radius 3 is 2.14 bits per heavy atom. The van der Waals surface area contributed by atoms with Crippen LogP contribution in [0, 0.1) is 0 Å². The molecule has 1 aliphatic rings. The molecule has 0 saturated heterocycles. The molecule has 3 aromatic rings. The SMILES string of the molecule is O=c1[nH]c(-c2ccccc2)nnc1-c1ccc2c(c1)OCCOCCOCCO2. The largest absolute Gasteiger partial charge is 0.487 e. The number of aromatic nitrogens is 3. The minimum absolute atomic E-state index is 0.210. The molecular formula is C21H21N3O5. The van der Waals surface area contributed by atoms with Crippen molar-refractivity contribution in [3.05, 3.63) is 58.9 Å². The Hall–Kier alpha value is -3.23. The normalized spacial score (nSPS) is 15.2. The van der Waals surface area contributed by atoms with E-state index in [1.54, 1.807) is 18.2 Å². The predicted octanol–water partition coefficient (Wildman–Crippen LogP) is 2.30. The number of aromatic amines is 1. The van der Waals surface area contributed by atoms with Crippen molar-refractivity contribution in [1.82, 2.24) is 15.2 Å². The van der Waals surface area contributed by atoms with Crippen molar-refractivity contribution < 1.29 is 18.9 Å². The Morgan fingerprint density at radius 1 is 0.724 bits per heavy atom. The first-order valence-electron chi connectivity index (χ1n) is 9.39. The summed E-state index contributed by atoms with van der Waals surface area (Å²) in [6.45, 7) is 2.66. The van der Waals surface area contributed by atoms with Crippen LogP contribution in [0.2, 0.25) is 0 Å². The van der Waals surface area contributed by atoms with Crippen LogP contribution in [-0.2, 0) is 9.47 Å². The van der Waals surface area contributed by atoms with E-state index in [2.05, 4.69) is 15.2 Å². The van der Waals surface area contributed by atoms with Gasteiger partial charge in [-0.15, -0.1) is 10.2 Å². The fourth-order valence-electron chi connectivity index (χ4n) is 2.88. The molecule has 150 valence electrons. The smallest absolute Gasteiger partial charge is 0.278 e. The molecule has 1 aromatic heterocycles. The lowest BCUT2D eigenvalue weighted by molar-refractivity contribution is 0.0223. The number of benzene rings is 2. The Morgan fingerprint density at radius 2 is 1.41 bits per heavy atom. The first-order chi connectivity index (χ1) is 14.3. The lowest BCUT2D eigenvalue weighted by Gasteiger charge is -2.15. The van der Waals surface area contributed by atoms with Crippen molar-refractivity contribution in [2.24, 2.45) is 0 Å². The molecule has 0 fully saturated rings. The molecule has 0 spiro atoms. The van der Waals surface area contributed by atoms with Crippen molar-refractivity contribution in [2.45, 2.75) is 0 Å². The van der Waals surface area contributed by atoms with E-state index < -0.39 is 0 Å². The van der Waals surface area contributed by atoms with Crippen LogP contribution in [0.4, 0.5) is 0 Å². The molecular weight excluding hydrogens is 374 g/mol. The van der Waals surface area contributed by atoms with E-state index in [-0.39, 0.29) is 11.3 Å². The van der Waals surface area contributed by atoms with Gasteiger partial charge in [-0.25, -0.2) is 0 Å². The molecule has 0 atom stereocenters. The molecule has 29 heavy (non-hydrogen) atoms. The first-order valence-corrected chi connectivity index (χ1v) is 9.39. The Balaban J connectivity index is 1.61. The second-order valence-corrected chi connectivity index (χ2v) is 6.30. The molecule has 8 nitrogen and oxygen atoms in total. The van der Waals surface area contributed by atoms with Gasteiger partial charge < -0.3 is 23.9 Å². The summed E-state index contributed by atoms with van der Waals surface area (Å²) in [7, 11) is 0. The topological polar surface area (TPSA) is 95.6 Å². The number of nitrogens with one attached hydrogen (secondary N) is 1. The fourth-order valence-corrected chi connectivity index (χ4v) is 2.88. The quantitative estimate of drug-likeness (QED) is 0.711. The molecule has 4 rings (SSSR count). The van der Waals surface area contributed by atoms with E-state index >= 15 is 0 Å². The monoisotopic (exact) mass is 395 g/mol. The summed E-state index contributed by atoms with van der Waals surface area (Å²) in [6.07, 6.45) is 0. The fraction of sp³-hybridized carbons (Fsp3) is 0.286. The number of nitrogens with zero attached hydrogens (tertiary/aromatic N) is 2. The van der Waals surface area contributed by atoms with Gasteiger partial charge in [-0.1, -0.05) is 30.3 Å². The van der Waals surface area contributed by atoms with E-state index in [9.17, 15) is 4.79 Å². The zero-order valence-corrected chi connectivity index (χ0v) is 15.8. The summed E-state index contributed by atoms with van der Waals surface area (Å²) < 4.78 is 22.4. The predicted molar refractivity (Wildman–Crippen MR) is 106 cm³/mol. The van der Waals surface area contributed by atoms with E-state index in [0.29, 0.717) is 62.5 Å². The van der Waals surface area contributed by atoms with E-state index in [0.717, 1.165) is 5.56 Å². The van der Waals surface area contributed by atoms with Crippen LogP contribution < -0.4 is 15.0 Å². The number of H-pyrrole nitrogens is 1. The number of hydrogen-bond acceptors (Lipinski definition) is 7. The van der Waals surface area contributed by atoms with Crippen molar-refractivity contribution in [2.75, 3.05) is 39.6 Å². The van der Waals surface area contributed by atoms with Gasteiger partial charge in [0.2, 0.25) is 0 Å². The van der Waals surface area contributed by atoms with E-state index in [1.807, 2.05) is 30.3 Å². The second kappa shape index (κ2) is 9.31. The zero-order chi connectivity index (χ0) is 19.9. The van der Waals surface area contributed by atoms with Crippen LogP contribution in [-0.4, -0.2) is 54.8 Å². The molecule has 8 heteroatoms. The first kappa shape index (κ1) is 19.1. The van der Waals surface area contributed by atoms with Crippen LogP contribution >= 0.6 is 0 Å². The standard InChI is InChI=1S/C21H21N3O5/c25-21-19(23-24-20(22-21)15-4-2-1-3-5-15)16-6-7-17-18(14-16)29-13-11-27-9-8-26-10-12-28-17/h1-7,14H,8-13H2,(H,22,24,25).